The molecule has 0 radical (unpaired) electrons. The Labute approximate surface area is 104 Å². The molecule has 0 aliphatic heterocycles. The predicted octanol–water partition coefficient (Wildman–Crippen LogP) is 3.36. The molecular formula is C15H23NO. The van der Waals surface area contributed by atoms with Crippen molar-refractivity contribution >= 4 is 0 Å². The first-order valence-corrected chi connectivity index (χ1v) is 7.12. The van der Waals surface area contributed by atoms with Crippen molar-refractivity contribution in [2.75, 3.05) is 0 Å². The third-order valence-corrected chi connectivity index (χ3v) is 4.69. The molecule has 2 aliphatic carbocycles. The summed E-state index contributed by atoms with van der Waals surface area (Å²) in [6, 6.07) is 2.21. The molecule has 2 heteroatoms. The number of fused-ring (bicyclic) bond motifs is 1. The number of aryl methyl sites for hydroxylation is 1. The largest absolute Gasteiger partial charge is 0.388 e. The van der Waals surface area contributed by atoms with Crippen molar-refractivity contribution in [1.29, 1.82) is 0 Å². The van der Waals surface area contributed by atoms with Gasteiger partial charge in [-0.3, -0.25) is 0 Å². The Morgan fingerprint density at radius 1 is 1.29 bits per heavy atom. The van der Waals surface area contributed by atoms with E-state index < -0.39 is 0 Å². The lowest BCUT2D eigenvalue weighted by molar-refractivity contribution is 0.155. The van der Waals surface area contributed by atoms with Crippen LogP contribution in [0.25, 0.3) is 0 Å². The van der Waals surface area contributed by atoms with Crippen LogP contribution in [0.4, 0.5) is 0 Å². The second-order valence-electron chi connectivity index (χ2n) is 5.83. The molecule has 3 rings (SSSR count). The molecule has 1 atom stereocenters. The molecule has 2 nitrogen and oxygen atoms in total. The average Bonchev–Trinajstić information content (AvgIpc) is 2.55. The maximum atomic E-state index is 10.0. The highest BCUT2D eigenvalue weighted by Crippen LogP contribution is 2.34. The number of aliphatic hydroxyl groups excluding tert-OH is 1. The molecule has 1 heterocycles. The van der Waals surface area contributed by atoms with E-state index in [4.69, 9.17) is 0 Å². The number of hydrogen-bond donors (Lipinski definition) is 1. The molecule has 1 aromatic heterocycles. The zero-order valence-corrected chi connectivity index (χ0v) is 10.8. The van der Waals surface area contributed by atoms with Crippen LogP contribution in [0.5, 0.6) is 0 Å². The zero-order valence-electron chi connectivity index (χ0n) is 10.8. The summed E-state index contributed by atoms with van der Waals surface area (Å²) in [5, 5.41) is 10.0. The van der Waals surface area contributed by atoms with Gasteiger partial charge in [0, 0.05) is 23.5 Å². The molecule has 0 bridgehead atoms. The van der Waals surface area contributed by atoms with Gasteiger partial charge >= 0.3 is 0 Å². The molecule has 0 saturated heterocycles. The van der Waals surface area contributed by atoms with Crippen LogP contribution in [0, 0.1) is 12.8 Å². The van der Waals surface area contributed by atoms with Gasteiger partial charge in [-0.2, -0.15) is 0 Å². The molecule has 1 unspecified atom stereocenters. The Hall–Kier alpha value is -0.760. The average molecular weight is 233 g/mol. The summed E-state index contributed by atoms with van der Waals surface area (Å²) >= 11 is 0. The van der Waals surface area contributed by atoms with Gasteiger partial charge in [-0.1, -0.05) is 19.3 Å². The van der Waals surface area contributed by atoms with Crippen LogP contribution in [-0.2, 0) is 13.0 Å². The molecule has 0 aromatic carbocycles. The summed E-state index contributed by atoms with van der Waals surface area (Å²) in [5.41, 5.74) is 3.97. The zero-order chi connectivity index (χ0) is 11.8. The van der Waals surface area contributed by atoms with Gasteiger partial charge in [0.05, 0.1) is 6.10 Å². The molecule has 1 saturated carbocycles. The molecular weight excluding hydrogens is 210 g/mol. The third kappa shape index (κ3) is 2.03. The highest BCUT2D eigenvalue weighted by atomic mass is 16.3. The standard InChI is InChI=1S/C15H23NO/c1-11-10-13-14(6-3-7-15(13)17)16(11)9-8-12-4-2-5-12/h10,12,15,17H,2-9H2,1H3. The van der Waals surface area contributed by atoms with E-state index in [-0.39, 0.29) is 6.10 Å². The lowest BCUT2D eigenvalue weighted by atomic mass is 9.83. The Bertz CT molecular complexity index is 403. The molecule has 0 amide bonds. The number of aliphatic hydroxyl groups is 1. The van der Waals surface area contributed by atoms with E-state index in [2.05, 4.69) is 17.6 Å². The SMILES string of the molecule is Cc1cc2c(n1CCC1CCC1)CCCC2O. The number of aromatic nitrogens is 1. The first-order chi connectivity index (χ1) is 8.25. The van der Waals surface area contributed by atoms with Gasteiger partial charge < -0.3 is 9.67 Å². The third-order valence-electron chi connectivity index (χ3n) is 4.69. The van der Waals surface area contributed by atoms with Gasteiger partial charge in [-0.25, -0.2) is 0 Å². The van der Waals surface area contributed by atoms with Crippen LogP contribution in [0.15, 0.2) is 6.07 Å². The van der Waals surface area contributed by atoms with E-state index in [1.807, 2.05) is 0 Å². The molecule has 2 aliphatic rings. The monoisotopic (exact) mass is 233 g/mol. The van der Waals surface area contributed by atoms with Gasteiger partial charge in [-0.15, -0.1) is 0 Å². The van der Waals surface area contributed by atoms with Gasteiger partial charge in [0.2, 0.25) is 0 Å². The summed E-state index contributed by atoms with van der Waals surface area (Å²) in [4.78, 5) is 0. The Kier molecular flexibility index (Phi) is 2.99. The number of nitrogens with zero attached hydrogens (tertiary/aromatic N) is 1. The Morgan fingerprint density at radius 3 is 2.82 bits per heavy atom. The second-order valence-corrected chi connectivity index (χ2v) is 5.83. The molecule has 94 valence electrons. The smallest absolute Gasteiger partial charge is 0.0807 e. The summed E-state index contributed by atoms with van der Waals surface area (Å²) in [5.74, 6) is 0.973. The minimum atomic E-state index is -0.206. The minimum Gasteiger partial charge on any atom is -0.388 e. The fourth-order valence-electron chi connectivity index (χ4n) is 3.35. The molecule has 1 N–H and O–H groups in total. The van der Waals surface area contributed by atoms with Crippen molar-refractivity contribution in [3.05, 3.63) is 23.0 Å². The van der Waals surface area contributed by atoms with Crippen LogP contribution in [0.1, 0.15) is 61.6 Å². The van der Waals surface area contributed by atoms with Crippen molar-refractivity contribution in [2.45, 2.75) is 64.5 Å². The van der Waals surface area contributed by atoms with E-state index in [1.165, 1.54) is 49.2 Å². The highest BCUT2D eigenvalue weighted by molar-refractivity contribution is 5.31. The van der Waals surface area contributed by atoms with Crippen LogP contribution in [0.3, 0.4) is 0 Å². The van der Waals surface area contributed by atoms with Gasteiger partial charge in [-0.05, 0) is 44.6 Å². The lowest BCUT2D eigenvalue weighted by Gasteiger charge is -2.27. The van der Waals surface area contributed by atoms with E-state index in [9.17, 15) is 5.11 Å². The maximum absolute atomic E-state index is 10.0. The van der Waals surface area contributed by atoms with E-state index in [0.29, 0.717) is 0 Å². The summed E-state index contributed by atoms with van der Waals surface area (Å²) in [6.45, 7) is 3.35. The fraction of sp³-hybridized carbons (Fsp3) is 0.733. The Balaban J connectivity index is 1.78. The number of hydrogen-bond acceptors (Lipinski definition) is 1. The van der Waals surface area contributed by atoms with E-state index in [1.54, 1.807) is 0 Å². The van der Waals surface area contributed by atoms with Crippen molar-refractivity contribution in [1.82, 2.24) is 4.57 Å². The predicted molar refractivity (Wildman–Crippen MR) is 69.0 cm³/mol. The minimum absolute atomic E-state index is 0.206. The quantitative estimate of drug-likeness (QED) is 0.851. The summed E-state index contributed by atoms with van der Waals surface area (Å²) in [6.07, 6.45) is 8.67. The second kappa shape index (κ2) is 4.49. The van der Waals surface area contributed by atoms with Crippen molar-refractivity contribution < 1.29 is 5.11 Å². The van der Waals surface area contributed by atoms with Crippen molar-refractivity contribution in [3.63, 3.8) is 0 Å². The Morgan fingerprint density at radius 2 is 2.12 bits per heavy atom. The van der Waals surface area contributed by atoms with Gasteiger partial charge in [0.25, 0.3) is 0 Å². The van der Waals surface area contributed by atoms with Crippen molar-refractivity contribution in [2.24, 2.45) is 5.92 Å². The van der Waals surface area contributed by atoms with Crippen LogP contribution in [-0.4, -0.2) is 9.67 Å². The summed E-state index contributed by atoms with van der Waals surface area (Å²) < 4.78 is 2.47. The molecule has 1 fully saturated rings. The first-order valence-electron chi connectivity index (χ1n) is 7.12. The molecule has 0 spiro atoms. The van der Waals surface area contributed by atoms with E-state index >= 15 is 0 Å². The number of rotatable bonds is 3. The molecule has 17 heavy (non-hydrogen) atoms. The van der Waals surface area contributed by atoms with Crippen LogP contribution in [0.2, 0.25) is 0 Å². The fourth-order valence-corrected chi connectivity index (χ4v) is 3.35. The maximum Gasteiger partial charge on any atom is 0.0807 e. The first kappa shape index (κ1) is 11.3. The summed E-state index contributed by atoms with van der Waals surface area (Å²) in [7, 11) is 0. The molecule has 1 aromatic rings. The van der Waals surface area contributed by atoms with Crippen LogP contribution < -0.4 is 0 Å². The van der Waals surface area contributed by atoms with Crippen LogP contribution >= 0.6 is 0 Å². The topological polar surface area (TPSA) is 25.2 Å². The lowest BCUT2D eigenvalue weighted by Crippen LogP contribution is -2.17. The normalized spacial score (nSPS) is 24.5. The van der Waals surface area contributed by atoms with Gasteiger partial charge in [0.15, 0.2) is 0 Å². The van der Waals surface area contributed by atoms with Crippen molar-refractivity contribution in [3.8, 4) is 0 Å². The van der Waals surface area contributed by atoms with E-state index in [0.717, 1.165) is 25.2 Å². The highest BCUT2D eigenvalue weighted by Gasteiger charge is 2.24. The van der Waals surface area contributed by atoms with Gasteiger partial charge in [0.1, 0.15) is 0 Å².